The highest BCUT2D eigenvalue weighted by Crippen LogP contribution is 2.17. The van der Waals surface area contributed by atoms with E-state index in [1.165, 1.54) is 30.4 Å². The van der Waals surface area contributed by atoms with Gasteiger partial charge >= 0.3 is 0 Å². The summed E-state index contributed by atoms with van der Waals surface area (Å²) in [6.45, 7) is 7.32. The standard InChI is InChI=1S/C14H22O/c1-4-5-6-11-15-13(3)14-9-7-12(2)8-10-14/h7-10,13H,4-6,11H2,1-3H3. The van der Waals surface area contributed by atoms with Crippen molar-refractivity contribution in [2.24, 2.45) is 0 Å². The largest absolute Gasteiger partial charge is 0.374 e. The van der Waals surface area contributed by atoms with E-state index in [1.54, 1.807) is 0 Å². The lowest BCUT2D eigenvalue weighted by molar-refractivity contribution is 0.0630. The number of ether oxygens (including phenoxy) is 1. The van der Waals surface area contributed by atoms with E-state index in [0.717, 1.165) is 6.61 Å². The Balaban J connectivity index is 2.33. The molecule has 0 heterocycles. The van der Waals surface area contributed by atoms with E-state index in [4.69, 9.17) is 4.74 Å². The normalized spacial score (nSPS) is 12.7. The number of unbranched alkanes of at least 4 members (excludes halogenated alkanes) is 2. The van der Waals surface area contributed by atoms with Crippen molar-refractivity contribution in [2.45, 2.75) is 46.1 Å². The minimum atomic E-state index is 0.224. The predicted octanol–water partition coefficient (Wildman–Crippen LogP) is 4.26. The molecule has 84 valence electrons. The molecule has 0 N–H and O–H groups in total. The number of hydrogen-bond acceptors (Lipinski definition) is 1. The van der Waals surface area contributed by atoms with Crippen LogP contribution in [0.1, 0.15) is 50.3 Å². The Morgan fingerprint density at radius 2 is 1.80 bits per heavy atom. The third-order valence-electron chi connectivity index (χ3n) is 2.66. The molecule has 1 unspecified atom stereocenters. The zero-order valence-corrected chi connectivity index (χ0v) is 10.1. The molecule has 0 aliphatic heterocycles. The van der Waals surface area contributed by atoms with Crippen LogP contribution in [0.25, 0.3) is 0 Å². The number of benzene rings is 1. The van der Waals surface area contributed by atoms with Gasteiger partial charge in [-0.2, -0.15) is 0 Å². The van der Waals surface area contributed by atoms with Crippen LogP contribution >= 0.6 is 0 Å². The molecule has 0 aliphatic rings. The third-order valence-corrected chi connectivity index (χ3v) is 2.66. The zero-order chi connectivity index (χ0) is 11.1. The Bertz CT molecular complexity index is 263. The van der Waals surface area contributed by atoms with Crippen LogP contribution in [0.3, 0.4) is 0 Å². The monoisotopic (exact) mass is 206 g/mol. The fraction of sp³-hybridized carbons (Fsp3) is 0.571. The van der Waals surface area contributed by atoms with E-state index in [0.29, 0.717) is 0 Å². The van der Waals surface area contributed by atoms with Crippen LogP contribution < -0.4 is 0 Å². The van der Waals surface area contributed by atoms with E-state index in [-0.39, 0.29) is 6.10 Å². The second-order valence-electron chi connectivity index (χ2n) is 4.13. The molecule has 1 nitrogen and oxygen atoms in total. The number of hydrogen-bond donors (Lipinski definition) is 0. The van der Waals surface area contributed by atoms with Crippen molar-refractivity contribution < 1.29 is 4.74 Å². The summed E-state index contributed by atoms with van der Waals surface area (Å²) in [6, 6.07) is 8.59. The molecule has 1 heteroatoms. The Morgan fingerprint density at radius 3 is 2.40 bits per heavy atom. The van der Waals surface area contributed by atoms with Gasteiger partial charge in [-0.25, -0.2) is 0 Å². The van der Waals surface area contributed by atoms with Crippen molar-refractivity contribution in [3.8, 4) is 0 Å². The Morgan fingerprint density at radius 1 is 1.13 bits per heavy atom. The van der Waals surface area contributed by atoms with Gasteiger partial charge < -0.3 is 4.74 Å². The van der Waals surface area contributed by atoms with E-state index in [9.17, 15) is 0 Å². The van der Waals surface area contributed by atoms with Crippen LogP contribution in [-0.2, 0) is 4.74 Å². The highest BCUT2D eigenvalue weighted by Gasteiger charge is 2.04. The van der Waals surface area contributed by atoms with Gasteiger partial charge in [-0.15, -0.1) is 0 Å². The van der Waals surface area contributed by atoms with Gasteiger partial charge in [0.15, 0.2) is 0 Å². The second-order valence-corrected chi connectivity index (χ2v) is 4.13. The molecule has 1 atom stereocenters. The van der Waals surface area contributed by atoms with Crippen molar-refractivity contribution in [2.75, 3.05) is 6.61 Å². The Labute approximate surface area is 93.5 Å². The summed E-state index contributed by atoms with van der Waals surface area (Å²) >= 11 is 0. The van der Waals surface area contributed by atoms with Gasteiger partial charge in [0, 0.05) is 6.61 Å². The lowest BCUT2D eigenvalue weighted by Gasteiger charge is -2.13. The van der Waals surface area contributed by atoms with Gasteiger partial charge in [-0.3, -0.25) is 0 Å². The second kappa shape index (κ2) is 6.62. The van der Waals surface area contributed by atoms with Crippen LogP contribution in [0.5, 0.6) is 0 Å². The average Bonchev–Trinajstić information content (AvgIpc) is 2.25. The topological polar surface area (TPSA) is 9.23 Å². The van der Waals surface area contributed by atoms with Gasteiger partial charge in [-0.1, -0.05) is 49.6 Å². The fourth-order valence-corrected chi connectivity index (χ4v) is 1.55. The maximum Gasteiger partial charge on any atom is 0.0796 e. The van der Waals surface area contributed by atoms with E-state index < -0.39 is 0 Å². The van der Waals surface area contributed by atoms with Gasteiger partial charge in [0.05, 0.1) is 6.10 Å². The zero-order valence-electron chi connectivity index (χ0n) is 10.1. The summed E-state index contributed by atoms with van der Waals surface area (Å²) < 4.78 is 5.77. The van der Waals surface area contributed by atoms with Crippen molar-refractivity contribution in [3.63, 3.8) is 0 Å². The molecule has 0 amide bonds. The molecule has 0 saturated carbocycles. The molecule has 0 spiro atoms. The molecular formula is C14H22O. The van der Waals surface area contributed by atoms with Gasteiger partial charge in [0.2, 0.25) is 0 Å². The number of aryl methyl sites for hydroxylation is 1. The van der Waals surface area contributed by atoms with Crippen molar-refractivity contribution in [1.82, 2.24) is 0 Å². The van der Waals surface area contributed by atoms with E-state index in [1.807, 2.05) is 0 Å². The Kier molecular flexibility index (Phi) is 5.41. The summed E-state index contributed by atoms with van der Waals surface area (Å²) in [6.07, 6.45) is 3.91. The van der Waals surface area contributed by atoms with Crippen molar-refractivity contribution in [1.29, 1.82) is 0 Å². The molecule has 0 radical (unpaired) electrons. The van der Waals surface area contributed by atoms with Crippen LogP contribution in [0.4, 0.5) is 0 Å². The summed E-state index contributed by atoms with van der Waals surface area (Å²) in [5.41, 5.74) is 2.58. The average molecular weight is 206 g/mol. The molecule has 0 fully saturated rings. The molecule has 1 aromatic carbocycles. The first-order chi connectivity index (χ1) is 7.24. The molecule has 1 aromatic rings. The van der Waals surface area contributed by atoms with Gasteiger partial charge in [0.1, 0.15) is 0 Å². The summed E-state index contributed by atoms with van der Waals surface area (Å²) in [5.74, 6) is 0. The summed E-state index contributed by atoms with van der Waals surface area (Å²) in [7, 11) is 0. The highest BCUT2D eigenvalue weighted by atomic mass is 16.5. The number of rotatable bonds is 6. The quantitative estimate of drug-likeness (QED) is 0.632. The van der Waals surface area contributed by atoms with Gasteiger partial charge in [-0.05, 0) is 25.8 Å². The minimum Gasteiger partial charge on any atom is -0.374 e. The van der Waals surface area contributed by atoms with Gasteiger partial charge in [0.25, 0.3) is 0 Å². The summed E-state index contributed by atoms with van der Waals surface area (Å²) in [4.78, 5) is 0. The third kappa shape index (κ3) is 4.48. The van der Waals surface area contributed by atoms with Crippen LogP contribution in [0, 0.1) is 6.92 Å². The van der Waals surface area contributed by atoms with Crippen molar-refractivity contribution >= 4 is 0 Å². The van der Waals surface area contributed by atoms with E-state index >= 15 is 0 Å². The maximum atomic E-state index is 5.77. The van der Waals surface area contributed by atoms with Crippen LogP contribution in [0.2, 0.25) is 0 Å². The molecule has 15 heavy (non-hydrogen) atoms. The SMILES string of the molecule is CCCCCOC(C)c1ccc(C)cc1. The lowest BCUT2D eigenvalue weighted by atomic mass is 10.1. The summed E-state index contributed by atoms with van der Waals surface area (Å²) in [5, 5.41) is 0. The first kappa shape index (κ1) is 12.3. The lowest BCUT2D eigenvalue weighted by Crippen LogP contribution is -2.01. The maximum absolute atomic E-state index is 5.77. The first-order valence-electron chi connectivity index (χ1n) is 5.92. The van der Waals surface area contributed by atoms with E-state index in [2.05, 4.69) is 45.0 Å². The van der Waals surface area contributed by atoms with Crippen LogP contribution in [0.15, 0.2) is 24.3 Å². The molecule has 0 bridgehead atoms. The molecular weight excluding hydrogens is 184 g/mol. The van der Waals surface area contributed by atoms with Crippen molar-refractivity contribution in [3.05, 3.63) is 35.4 Å². The minimum absolute atomic E-state index is 0.224. The molecule has 0 aromatic heterocycles. The predicted molar refractivity (Wildman–Crippen MR) is 65.1 cm³/mol. The molecule has 0 saturated heterocycles. The molecule has 1 rings (SSSR count). The Hall–Kier alpha value is -0.820. The first-order valence-corrected chi connectivity index (χ1v) is 5.92. The van der Waals surface area contributed by atoms with Crippen LogP contribution in [-0.4, -0.2) is 6.61 Å². The molecule has 0 aliphatic carbocycles. The highest BCUT2D eigenvalue weighted by molar-refractivity contribution is 5.22. The smallest absolute Gasteiger partial charge is 0.0796 e. The fourth-order valence-electron chi connectivity index (χ4n) is 1.55.